The zero-order chi connectivity index (χ0) is 31.3. The molecule has 0 heterocycles. The topological polar surface area (TPSA) is 140 Å². The summed E-state index contributed by atoms with van der Waals surface area (Å²) in [6.07, 6.45) is -0.583. The SMILES string of the molecule is CC(C)CCC(=O)Oc1ccc(C[C@H](N)C(=O)O[C@@H](C)C(C)OC(=O)OCC(C)(C)C)cc1OC(=O)CCC(C)C. The number of hydrogen-bond donors (Lipinski definition) is 1. The quantitative estimate of drug-likeness (QED) is 0.201. The molecule has 0 aliphatic heterocycles. The van der Waals surface area contributed by atoms with Crippen LogP contribution < -0.4 is 15.2 Å². The van der Waals surface area contributed by atoms with E-state index in [-0.39, 0.29) is 42.8 Å². The van der Waals surface area contributed by atoms with E-state index in [2.05, 4.69) is 0 Å². The van der Waals surface area contributed by atoms with E-state index < -0.39 is 42.3 Å². The molecule has 0 aliphatic rings. The van der Waals surface area contributed by atoms with Crippen LogP contribution in [0.5, 0.6) is 11.5 Å². The molecule has 0 amide bonds. The summed E-state index contributed by atoms with van der Waals surface area (Å²) < 4.78 is 26.7. The lowest BCUT2D eigenvalue weighted by Crippen LogP contribution is -2.39. The van der Waals surface area contributed by atoms with Crippen molar-refractivity contribution in [1.82, 2.24) is 0 Å². The number of carbonyl (C=O) groups is 4. The molecule has 1 rings (SSSR count). The minimum atomic E-state index is -1.05. The van der Waals surface area contributed by atoms with E-state index >= 15 is 0 Å². The average Bonchev–Trinajstić information content (AvgIpc) is 2.86. The summed E-state index contributed by atoms with van der Waals surface area (Å²) in [5, 5.41) is 0. The molecule has 2 N–H and O–H groups in total. The van der Waals surface area contributed by atoms with Crippen molar-refractivity contribution in [2.24, 2.45) is 23.0 Å². The van der Waals surface area contributed by atoms with Crippen molar-refractivity contribution < 1.29 is 42.9 Å². The van der Waals surface area contributed by atoms with Gasteiger partial charge < -0.3 is 29.4 Å². The van der Waals surface area contributed by atoms with Crippen LogP contribution >= 0.6 is 0 Å². The fraction of sp³-hybridized carbons (Fsp3) is 0.677. The maximum atomic E-state index is 12.7. The fourth-order valence-corrected chi connectivity index (χ4v) is 3.26. The molecule has 0 saturated heterocycles. The second-order valence-electron chi connectivity index (χ2n) is 12.5. The molecular formula is C31H49NO9. The van der Waals surface area contributed by atoms with Gasteiger partial charge >= 0.3 is 24.1 Å². The van der Waals surface area contributed by atoms with Gasteiger partial charge in [0.05, 0.1) is 6.61 Å². The van der Waals surface area contributed by atoms with E-state index in [0.29, 0.717) is 30.2 Å². The van der Waals surface area contributed by atoms with Crippen molar-refractivity contribution in [2.45, 2.75) is 113 Å². The Morgan fingerprint density at radius 3 is 1.80 bits per heavy atom. The van der Waals surface area contributed by atoms with E-state index in [1.165, 1.54) is 12.1 Å². The number of rotatable bonds is 15. The standard InChI is InChI=1S/C31H49NO9/c1-19(2)10-14-27(33)40-25-13-12-23(17-26(25)41-28(34)15-11-20(3)4)16-24(32)29(35)38-21(5)22(6)39-30(36)37-18-31(7,8)9/h12-13,17,19-22,24H,10-11,14-16,18,32H2,1-9H3/t21-,22?,24-/m0/s1. The largest absolute Gasteiger partial charge is 0.508 e. The van der Waals surface area contributed by atoms with E-state index in [4.69, 9.17) is 29.4 Å². The first-order valence-electron chi connectivity index (χ1n) is 14.3. The van der Waals surface area contributed by atoms with Crippen molar-refractivity contribution in [2.75, 3.05) is 6.61 Å². The summed E-state index contributed by atoms with van der Waals surface area (Å²) in [4.78, 5) is 49.4. The van der Waals surface area contributed by atoms with Crippen LogP contribution in [-0.4, -0.2) is 48.9 Å². The molecule has 3 atom stereocenters. The number of esters is 3. The molecule has 1 unspecified atom stereocenters. The molecule has 0 spiro atoms. The first-order valence-corrected chi connectivity index (χ1v) is 14.3. The molecule has 10 heteroatoms. The van der Waals surface area contributed by atoms with Crippen LogP contribution in [0.1, 0.15) is 93.6 Å². The van der Waals surface area contributed by atoms with Crippen molar-refractivity contribution in [1.29, 1.82) is 0 Å². The normalized spacial score (nSPS) is 13.8. The summed E-state index contributed by atoms with van der Waals surface area (Å²) in [7, 11) is 0. The molecule has 0 bridgehead atoms. The van der Waals surface area contributed by atoms with Gasteiger partial charge in [-0.05, 0) is 68.1 Å². The summed E-state index contributed by atoms with van der Waals surface area (Å²) in [5.41, 5.74) is 6.47. The molecule has 0 fully saturated rings. The second-order valence-corrected chi connectivity index (χ2v) is 12.5. The lowest BCUT2D eigenvalue weighted by molar-refractivity contribution is -0.155. The lowest BCUT2D eigenvalue weighted by atomic mass is 9.99. The Morgan fingerprint density at radius 2 is 1.29 bits per heavy atom. The molecular weight excluding hydrogens is 530 g/mol. The van der Waals surface area contributed by atoms with Gasteiger partial charge in [-0.1, -0.05) is 54.5 Å². The lowest BCUT2D eigenvalue weighted by Gasteiger charge is -2.23. The smallest absolute Gasteiger partial charge is 0.458 e. The predicted octanol–water partition coefficient (Wildman–Crippen LogP) is 5.76. The first kappa shape index (κ1) is 35.9. The second kappa shape index (κ2) is 17.0. The van der Waals surface area contributed by atoms with Crippen LogP contribution in [0.15, 0.2) is 18.2 Å². The van der Waals surface area contributed by atoms with Crippen molar-refractivity contribution in [3.8, 4) is 11.5 Å². The predicted molar refractivity (Wildman–Crippen MR) is 154 cm³/mol. The van der Waals surface area contributed by atoms with Gasteiger partial charge in [-0.3, -0.25) is 14.4 Å². The highest BCUT2D eigenvalue weighted by atomic mass is 16.7. The summed E-state index contributed by atoms with van der Waals surface area (Å²) in [5.74, 6) is -0.735. The van der Waals surface area contributed by atoms with Gasteiger partial charge in [-0.25, -0.2) is 4.79 Å². The van der Waals surface area contributed by atoms with Crippen LogP contribution in [0.4, 0.5) is 4.79 Å². The van der Waals surface area contributed by atoms with Gasteiger partial charge in [0.1, 0.15) is 18.2 Å². The van der Waals surface area contributed by atoms with Gasteiger partial charge in [0.25, 0.3) is 0 Å². The molecule has 1 aromatic carbocycles. The van der Waals surface area contributed by atoms with Crippen LogP contribution in [0.3, 0.4) is 0 Å². The Balaban J connectivity index is 2.88. The maximum absolute atomic E-state index is 12.7. The van der Waals surface area contributed by atoms with Crippen LogP contribution in [0.25, 0.3) is 0 Å². The van der Waals surface area contributed by atoms with Crippen LogP contribution in [0.2, 0.25) is 0 Å². The van der Waals surface area contributed by atoms with E-state index in [9.17, 15) is 19.2 Å². The number of benzene rings is 1. The summed E-state index contributed by atoms with van der Waals surface area (Å²) in [6.45, 7) is 17.1. The summed E-state index contributed by atoms with van der Waals surface area (Å²) in [6, 6.07) is 3.64. The van der Waals surface area contributed by atoms with Gasteiger partial charge in [0, 0.05) is 12.8 Å². The van der Waals surface area contributed by atoms with E-state index in [0.717, 1.165) is 0 Å². The van der Waals surface area contributed by atoms with E-state index in [1.54, 1.807) is 19.9 Å². The van der Waals surface area contributed by atoms with Gasteiger partial charge in [0.15, 0.2) is 11.5 Å². The maximum Gasteiger partial charge on any atom is 0.508 e. The highest BCUT2D eigenvalue weighted by molar-refractivity contribution is 5.77. The first-order chi connectivity index (χ1) is 19.0. The average molecular weight is 580 g/mol. The van der Waals surface area contributed by atoms with Crippen molar-refractivity contribution >= 4 is 24.1 Å². The molecule has 41 heavy (non-hydrogen) atoms. The highest BCUT2D eigenvalue weighted by Crippen LogP contribution is 2.30. The Morgan fingerprint density at radius 1 is 0.780 bits per heavy atom. The number of hydrogen-bond acceptors (Lipinski definition) is 10. The van der Waals surface area contributed by atoms with Crippen molar-refractivity contribution in [3.63, 3.8) is 0 Å². The van der Waals surface area contributed by atoms with Crippen LogP contribution in [-0.2, 0) is 35.0 Å². The Bertz CT molecular complexity index is 1010. The number of nitrogens with two attached hydrogens (primary N) is 1. The minimum Gasteiger partial charge on any atom is -0.458 e. The van der Waals surface area contributed by atoms with Crippen LogP contribution in [0, 0.1) is 17.3 Å². The van der Waals surface area contributed by atoms with Gasteiger partial charge in [0.2, 0.25) is 0 Å². The Kier molecular flexibility index (Phi) is 14.8. The molecule has 0 radical (unpaired) electrons. The molecule has 232 valence electrons. The Labute approximate surface area is 244 Å². The monoisotopic (exact) mass is 579 g/mol. The third-order valence-corrected chi connectivity index (χ3v) is 5.93. The van der Waals surface area contributed by atoms with Gasteiger partial charge in [-0.15, -0.1) is 0 Å². The van der Waals surface area contributed by atoms with Crippen molar-refractivity contribution in [3.05, 3.63) is 23.8 Å². The zero-order valence-corrected chi connectivity index (χ0v) is 26.1. The summed E-state index contributed by atoms with van der Waals surface area (Å²) >= 11 is 0. The zero-order valence-electron chi connectivity index (χ0n) is 26.1. The number of carbonyl (C=O) groups excluding carboxylic acids is 4. The van der Waals surface area contributed by atoms with Gasteiger partial charge in [-0.2, -0.15) is 0 Å². The fourth-order valence-electron chi connectivity index (χ4n) is 3.26. The molecule has 0 saturated carbocycles. The van der Waals surface area contributed by atoms with E-state index in [1.807, 2.05) is 48.5 Å². The Hall–Kier alpha value is -3.14. The molecule has 0 aliphatic carbocycles. The minimum absolute atomic E-state index is 0.0620. The third-order valence-electron chi connectivity index (χ3n) is 5.93. The third kappa shape index (κ3) is 15.4. The molecule has 10 nitrogen and oxygen atoms in total. The number of ether oxygens (including phenoxy) is 5. The highest BCUT2D eigenvalue weighted by Gasteiger charge is 2.26. The molecule has 1 aromatic rings. The molecule has 0 aromatic heterocycles.